The van der Waals surface area contributed by atoms with Gasteiger partial charge in [-0.15, -0.1) is 0 Å². The summed E-state index contributed by atoms with van der Waals surface area (Å²) >= 11 is 3.47. The molecule has 26 heavy (non-hydrogen) atoms. The first-order valence-electron chi connectivity index (χ1n) is 8.59. The second kappa shape index (κ2) is 8.45. The molecule has 1 aliphatic heterocycles. The molecule has 0 radical (unpaired) electrons. The van der Waals surface area contributed by atoms with Crippen molar-refractivity contribution in [3.8, 4) is 5.75 Å². The number of ether oxygens (including phenoxy) is 3. The standard InChI is InChI=1S/C20H22BrNO4/c1-14-11-16(21)3-4-19(14)15(2)22-7-5-17(12-20(22)23)25-8-6-18-13-24-9-10-26-18/h3-5,7,11-13,15H,6,8-10H2,1-2H3. The zero-order chi connectivity index (χ0) is 18.5. The first-order chi connectivity index (χ1) is 12.5. The predicted octanol–water partition coefficient (Wildman–Crippen LogP) is 4.19. The van der Waals surface area contributed by atoms with Gasteiger partial charge in [-0.25, -0.2) is 0 Å². The lowest BCUT2D eigenvalue weighted by Crippen LogP contribution is -2.23. The van der Waals surface area contributed by atoms with Crippen LogP contribution in [0.5, 0.6) is 5.75 Å². The van der Waals surface area contributed by atoms with Crippen molar-refractivity contribution in [3.63, 3.8) is 0 Å². The highest BCUT2D eigenvalue weighted by Crippen LogP contribution is 2.24. The van der Waals surface area contributed by atoms with Crippen molar-refractivity contribution in [2.75, 3.05) is 19.8 Å². The average molecular weight is 420 g/mol. The average Bonchev–Trinajstić information content (AvgIpc) is 2.62. The van der Waals surface area contributed by atoms with Crippen molar-refractivity contribution in [1.29, 1.82) is 0 Å². The quantitative estimate of drug-likeness (QED) is 0.704. The predicted molar refractivity (Wildman–Crippen MR) is 103 cm³/mol. The van der Waals surface area contributed by atoms with Gasteiger partial charge < -0.3 is 18.8 Å². The van der Waals surface area contributed by atoms with Crippen LogP contribution in [0.2, 0.25) is 0 Å². The van der Waals surface area contributed by atoms with Crippen molar-refractivity contribution in [2.24, 2.45) is 0 Å². The van der Waals surface area contributed by atoms with Crippen molar-refractivity contribution in [2.45, 2.75) is 26.3 Å². The molecular weight excluding hydrogens is 398 g/mol. The fraction of sp³-hybridized carbons (Fsp3) is 0.350. The summed E-state index contributed by atoms with van der Waals surface area (Å²) in [7, 11) is 0. The number of aromatic nitrogens is 1. The van der Waals surface area contributed by atoms with Gasteiger partial charge in [-0.3, -0.25) is 4.79 Å². The van der Waals surface area contributed by atoms with Gasteiger partial charge in [0.25, 0.3) is 5.56 Å². The number of pyridine rings is 1. The Labute approximate surface area is 161 Å². The zero-order valence-corrected chi connectivity index (χ0v) is 16.5. The van der Waals surface area contributed by atoms with Gasteiger partial charge in [0.1, 0.15) is 31.0 Å². The van der Waals surface area contributed by atoms with Crippen LogP contribution in [0.3, 0.4) is 0 Å². The van der Waals surface area contributed by atoms with Crippen molar-refractivity contribution in [1.82, 2.24) is 4.57 Å². The summed E-state index contributed by atoms with van der Waals surface area (Å²) in [4.78, 5) is 12.5. The largest absolute Gasteiger partial charge is 0.494 e. The minimum absolute atomic E-state index is 0.0532. The van der Waals surface area contributed by atoms with E-state index >= 15 is 0 Å². The van der Waals surface area contributed by atoms with E-state index in [9.17, 15) is 4.79 Å². The van der Waals surface area contributed by atoms with Gasteiger partial charge >= 0.3 is 0 Å². The van der Waals surface area contributed by atoms with Crippen LogP contribution in [0, 0.1) is 6.92 Å². The Balaban J connectivity index is 1.67. The van der Waals surface area contributed by atoms with E-state index in [2.05, 4.69) is 22.0 Å². The number of hydrogen-bond donors (Lipinski definition) is 0. The Bertz CT molecular complexity index is 859. The molecule has 1 aromatic carbocycles. The van der Waals surface area contributed by atoms with Crippen LogP contribution < -0.4 is 10.3 Å². The van der Waals surface area contributed by atoms with Crippen LogP contribution in [-0.4, -0.2) is 24.4 Å². The Morgan fingerprint density at radius 2 is 2.12 bits per heavy atom. The second-order valence-corrected chi connectivity index (χ2v) is 7.10. The molecule has 6 heteroatoms. The Morgan fingerprint density at radius 1 is 1.27 bits per heavy atom. The number of halogens is 1. The molecular formula is C20H22BrNO4. The van der Waals surface area contributed by atoms with Crippen molar-refractivity contribution < 1.29 is 14.2 Å². The molecule has 0 N–H and O–H groups in total. The molecule has 1 aromatic heterocycles. The van der Waals surface area contributed by atoms with Crippen molar-refractivity contribution in [3.05, 3.63) is 74.5 Å². The van der Waals surface area contributed by atoms with Gasteiger partial charge in [0.05, 0.1) is 12.6 Å². The Morgan fingerprint density at radius 3 is 2.81 bits per heavy atom. The van der Waals surface area contributed by atoms with Crippen LogP contribution in [0.25, 0.3) is 0 Å². The summed E-state index contributed by atoms with van der Waals surface area (Å²) < 4.78 is 19.1. The molecule has 0 spiro atoms. The summed E-state index contributed by atoms with van der Waals surface area (Å²) in [5.41, 5.74) is 2.17. The van der Waals surface area contributed by atoms with Gasteiger partial charge in [-0.05, 0) is 43.2 Å². The van der Waals surface area contributed by atoms with E-state index in [0.29, 0.717) is 32.0 Å². The SMILES string of the molecule is Cc1cc(Br)ccc1C(C)n1ccc(OCCC2=COCCO2)cc1=O. The highest BCUT2D eigenvalue weighted by molar-refractivity contribution is 9.10. The van der Waals surface area contributed by atoms with E-state index < -0.39 is 0 Å². The third-order valence-corrected chi connectivity index (χ3v) is 4.83. The van der Waals surface area contributed by atoms with E-state index in [0.717, 1.165) is 21.4 Å². The summed E-state index contributed by atoms with van der Waals surface area (Å²) in [6.07, 6.45) is 4.01. The van der Waals surface area contributed by atoms with E-state index in [1.807, 2.05) is 32.0 Å². The fourth-order valence-corrected chi connectivity index (χ4v) is 3.42. The molecule has 3 rings (SSSR count). The smallest absolute Gasteiger partial charge is 0.254 e. The minimum atomic E-state index is -0.0891. The van der Waals surface area contributed by atoms with E-state index in [1.165, 1.54) is 6.07 Å². The monoisotopic (exact) mass is 419 g/mol. The number of nitrogens with zero attached hydrogens (tertiary/aromatic N) is 1. The van der Waals surface area contributed by atoms with Gasteiger partial charge in [0, 0.05) is 23.2 Å². The highest BCUT2D eigenvalue weighted by atomic mass is 79.9. The summed E-state index contributed by atoms with van der Waals surface area (Å²) in [6.45, 7) is 5.64. The van der Waals surface area contributed by atoms with Gasteiger partial charge in [-0.1, -0.05) is 22.0 Å². The molecule has 0 saturated carbocycles. The molecule has 0 fully saturated rings. The number of benzene rings is 1. The minimum Gasteiger partial charge on any atom is -0.494 e. The number of aryl methyl sites for hydroxylation is 1. The summed E-state index contributed by atoms with van der Waals surface area (Å²) in [5, 5.41) is 0. The third-order valence-electron chi connectivity index (χ3n) is 4.34. The third kappa shape index (κ3) is 4.49. The zero-order valence-electron chi connectivity index (χ0n) is 14.9. The Kier molecular flexibility index (Phi) is 6.04. The lowest BCUT2D eigenvalue weighted by molar-refractivity contribution is 0.0751. The summed E-state index contributed by atoms with van der Waals surface area (Å²) in [6, 6.07) is 9.38. The fourth-order valence-electron chi connectivity index (χ4n) is 2.95. The maximum atomic E-state index is 12.5. The molecule has 0 aliphatic carbocycles. The molecule has 2 heterocycles. The molecule has 1 atom stereocenters. The van der Waals surface area contributed by atoms with Crippen LogP contribution in [0.15, 0.2) is 57.8 Å². The molecule has 138 valence electrons. The van der Waals surface area contributed by atoms with Gasteiger partial charge in [0.2, 0.25) is 0 Å². The van der Waals surface area contributed by atoms with E-state index in [-0.39, 0.29) is 11.6 Å². The number of rotatable bonds is 6. The number of hydrogen-bond acceptors (Lipinski definition) is 4. The van der Waals surface area contributed by atoms with Gasteiger partial charge in [-0.2, -0.15) is 0 Å². The van der Waals surface area contributed by atoms with Crippen LogP contribution in [0.4, 0.5) is 0 Å². The molecule has 2 aromatic rings. The van der Waals surface area contributed by atoms with Crippen LogP contribution in [0.1, 0.15) is 30.5 Å². The molecule has 1 unspecified atom stereocenters. The molecule has 0 bridgehead atoms. The Hall–Kier alpha value is -2.21. The molecule has 0 saturated heterocycles. The van der Waals surface area contributed by atoms with E-state index in [4.69, 9.17) is 14.2 Å². The normalized spacial score (nSPS) is 14.8. The maximum Gasteiger partial charge on any atom is 0.254 e. The van der Waals surface area contributed by atoms with Gasteiger partial charge in [0.15, 0.2) is 0 Å². The van der Waals surface area contributed by atoms with Crippen LogP contribution >= 0.6 is 15.9 Å². The van der Waals surface area contributed by atoms with Crippen molar-refractivity contribution >= 4 is 15.9 Å². The lowest BCUT2D eigenvalue weighted by Gasteiger charge is -2.19. The maximum absolute atomic E-state index is 12.5. The second-order valence-electron chi connectivity index (χ2n) is 6.19. The lowest BCUT2D eigenvalue weighted by atomic mass is 10.0. The first kappa shape index (κ1) is 18.6. The highest BCUT2D eigenvalue weighted by Gasteiger charge is 2.13. The molecule has 0 amide bonds. The van der Waals surface area contributed by atoms with Crippen LogP contribution in [-0.2, 0) is 9.47 Å². The summed E-state index contributed by atoms with van der Waals surface area (Å²) in [5.74, 6) is 1.33. The van der Waals surface area contributed by atoms with E-state index in [1.54, 1.807) is 17.0 Å². The molecule has 1 aliphatic rings. The topological polar surface area (TPSA) is 49.7 Å². The molecule has 5 nitrogen and oxygen atoms in total. The first-order valence-corrected chi connectivity index (χ1v) is 9.38.